The Morgan fingerprint density at radius 2 is 1.94 bits per heavy atom. The molecule has 0 aliphatic carbocycles. The van der Waals surface area contributed by atoms with Crippen LogP contribution in [-0.2, 0) is 0 Å². The molecule has 0 bridgehead atoms. The van der Waals surface area contributed by atoms with Crippen molar-refractivity contribution in [1.29, 1.82) is 0 Å². The lowest BCUT2D eigenvalue weighted by molar-refractivity contribution is 0.395. The maximum absolute atomic E-state index is 6.01. The second kappa shape index (κ2) is 6.51. The van der Waals surface area contributed by atoms with E-state index in [1.165, 1.54) is 5.54 Å². The molecule has 0 amide bonds. The molecular weight excluding hydrogens is 249 g/mol. The average Bonchev–Trinajstić information content (AvgIpc) is 2.30. The molecule has 0 spiro atoms. The first-order chi connectivity index (χ1) is 7.72. The Kier molecular flexibility index (Phi) is 5.29. The molecule has 1 rings (SSSR count). The molecule has 0 aliphatic rings. The van der Waals surface area contributed by atoms with Gasteiger partial charge in [0, 0.05) is 18.1 Å². The van der Waals surface area contributed by atoms with Crippen LogP contribution in [0.15, 0.2) is 23.7 Å². The summed E-state index contributed by atoms with van der Waals surface area (Å²) in [5, 5.41) is 3.65. The number of benzene rings is 1. The molecule has 0 heterocycles. The number of hydrogen-bond acceptors (Lipinski definition) is 3. The highest BCUT2D eigenvalue weighted by Crippen LogP contribution is 2.35. The van der Waals surface area contributed by atoms with Crippen molar-refractivity contribution >= 4 is 28.9 Å². The minimum Gasteiger partial charge on any atom is -0.495 e. The quantitative estimate of drug-likeness (QED) is 0.880. The van der Waals surface area contributed by atoms with Gasteiger partial charge in [-0.05, 0) is 6.07 Å². The first-order valence-electron chi connectivity index (χ1n) is 4.63. The number of ether oxygens (including phenoxy) is 2. The van der Waals surface area contributed by atoms with E-state index in [0.29, 0.717) is 23.1 Å². The summed E-state index contributed by atoms with van der Waals surface area (Å²) in [5.41, 5.74) is 2.24. The van der Waals surface area contributed by atoms with Crippen LogP contribution in [0.3, 0.4) is 0 Å². The molecule has 0 saturated heterocycles. The van der Waals surface area contributed by atoms with Gasteiger partial charge in [0.2, 0.25) is 0 Å². The number of hydrogen-bond donors (Lipinski definition) is 1. The summed E-state index contributed by atoms with van der Waals surface area (Å²) < 4.78 is 10.3. The van der Waals surface area contributed by atoms with Crippen molar-refractivity contribution in [2.45, 2.75) is 0 Å². The summed E-state index contributed by atoms with van der Waals surface area (Å²) in [6.07, 6.45) is 1.78. The summed E-state index contributed by atoms with van der Waals surface area (Å²) in [7, 11) is 3.15. The molecule has 0 aromatic heterocycles. The molecule has 0 atom stereocenters. The molecular formula is C11H13Cl2NO2. The van der Waals surface area contributed by atoms with E-state index in [-0.39, 0.29) is 0 Å². The second-order valence-electron chi connectivity index (χ2n) is 2.93. The Bertz CT molecular complexity index is 380. The van der Waals surface area contributed by atoms with E-state index in [9.17, 15) is 0 Å². The Hall–Kier alpha value is -1.06. The minimum absolute atomic E-state index is 0.528. The SMILES string of the molecule is COc1cc(OC)c(NC/C=C/Cl)cc1Cl. The highest BCUT2D eigenvalue weighted by atomic mass is 35.5. The Balaban J connectivity index is 2.94. The van der Waals surface area contributed by atoms with Crippen molar-refractivity contribution in [1.82, 2.24) is 0 Å². The summed E-state index contributed by atoms with van der Waals surface area (Å²) in [6, 6.07) is 3.48. The number of methoxy groups -OCH3 is 2. The predicted molar refractivity (Wildman–Crippen MR) is 68.0 cm³/mol. The van der Waals surface area contributed by atoms with Crippen LogP contribution in [0.2, 0.25) is 5.02 Å². The lowest BCUT2D eigenvalue weighted by atomic mass is 10.2. The maximum Gasteiger partial charge on any atom is 0.145 e. The van der Waals surface area contributed by atoms with E-state index in [1.54, 1.807) is 32.4 Å². The molecule has 0 saturated carbocycles. The summed E-state index contributed by atoms with van der Waals surface area (Å²) in [4.78, 5) is 0. The van der Waals surface area contributed by atoms with E-state index in [1.807, 2.05) is 0 Å². The predicted octanol–water partition coefficient (Wildman–Crippen LogP) is 3.52. The van der Waals surface area contributed by atoms with Crippen molar-refractivity contribution in [3.05, 3.63) is 28.8 Å². The first-order valence-corrected chi connectivity index (χ1v) is 5.45. The first kappa shape index (κ1) is 13.0. The number of nitrogens with one attached hydrogen (secondary N) is 1. The molecule has 5 heteroatoms. The molecule has 0 aliphatic heterocycles. The zero-order valence-electron chi connectivity index (χ0n) is 9.09. The van der Waals surface area contributed by atoms with Crippen LogP contribution < -0.4 is 14.8 Å². The summed E-state index contributed by atoms with van der Waals surface area (Å²) >= 11 is 11.4. The minimum atomic E-state index is 0.528. The number of halogens is 2. The van der Waals surface area contributed by atoms with E-state index in [4.69, 9.17) is 32.7 Å². The van der Waals surface area contributed by atoms with Crippen LogP contribution in [0.25, 0.3) is 0 Å². The molecule has 1 N–H and O–H groups in total. The molecule has 0 fully saturated rings. The second-order valence-corrected chi connectivity index (χ2v) is 3.59. The molecule has 3 nitrogen and oxygen atoms in total. The summed E-state index contributed by atoms with van der Waals surface area (Å²) in [5.74, 6) is 1.25. The van der Waals surface area contributed by atoms with Crippen molar-refractivity contribution in [3.63, 3.8) is 0 Å². The normalized spacial score (nSPS) is 10.5. The lowest BCUT2D eigenvalue weighted by Crippen LogP contribution is -2.01. The Morgan fingerprint density at radius 1 is 1.25 bits per heavy atom. The Morgan fingerprint density at radius 3 is 2.50 bits per heavy atom. The molecule has 88 valence electrons. The highest BCUT2D eigenvalue weighted by molar-refractivity contribution is 6.32. The zero-order valence-corrected chi connectivity index (χ0v) is 10.6. The maximum atomic E-state index is 6.01. The van der Waals surface area contributed by atoms with Crippen LogP contribution >= 0.6 is 23.2 Å². The van der Waals surface area contributed by atoms with Gasteiger partial charge in [-0.15, -0.1) is 0 Å². The third-order valence-corrected chi connectivity index (χ3v) is 2.45. The number of rotatable bonds is 5. The van der Waals surface area contributed by atoms with Crippen molar-refractivity contribution in [3.8, 4) is 11.5 Å². The fraction of sp³-hybridized carbons (Fsp3) is 0.273. The van der Waals surface area contributed by atoms with Crippen LogP contribution in [0.1, 0.15) is 0 Å². The average molecular weight is 262 g/mol. The fourth-order valence-electron chi connectivity index (χ4n) is 1.21. The van der Waals surface area contributed by atoms with Crippen LogP contribution in [-0.4, -0.2) is 20.8 Å². The van der Waals surface area contributed by atoms with Gasteiger partial charge in [0.25, 0.3) is 0 Å². The zero-order chi connectivity index (χ0) is 12.0. The van der Waals surface area contributed by atoms with E-state index in [2.05, 4.69) is 5.32 Å². The van der Waals surface area contributed by atoms with Crippen molar-refractivity contribution in [2.24, 2.45) is 0 Å². The molecule has 16 heavy (non-hydrogen) atoms. The molecule has 0 unspecified atom stereocenters. The summed E-state index contributed by atoms with van der Waals surface area (Å²) in [6.45, 7) is 0.600. The largest absolute Gasteiger partial charge is 0.495 e. The number of anilines is 1. The van der Waals surface area contributed by atoms with Gasteiger partial charge in [-0.2, -0.15) is 0 Å². The van der Waals surface area contributed by atoms with Gasteiger partial charge in [0.15, 0.2) is 0 Å². The Labute approximate surface area is 105 Å². The van der Waals surface area contributed by atoms with Gasteiger partial charge in [-0.3, -0.25) is 0 Å². The van der Waals surface area contributed by atoms with Crippen molar-refractivity contribution < 1.29 is 9.47 Å². The van der Waals surface area contributed by atoms with Crippen LogP contribution in [0.5, 0.6) is 11.5 Å². The highest BCUT2D eigenvalue weighted by Gasteiger charge is 2.08. The smallest absolute Gasteiger partial charge is 0.145 e. The van der Waals surface area contributed by atoms with E-state index in [0.717, 1.165) is 5.69 Å². The van der Waals surface area contributed by atoms with E-state index >= 15 is 0 Å². The van der Waals surface area contributed by atoms with Crippen LogP contribution in [0, 0.1) is 0 Å². The van der Waals surface area contributed by atoms with Gasteiger partial charge >= 0.3 is 0 Å². The topological polar surface area (TPSA) is 30.5 Å². The third-order valence-electron chi connectivity index (χ3n) is 1.97. The van der Waals surface area contributed by atoms with Crippen molar-refractivity contribution in [2.75, 3.05) is 26.1 Å². The fourth-order valence-corrected chi connectivity index (χ4v) is 1.54. The van der Waals surface area contributed by atoms with Gasteiger partial charge in [0.05, 0.1) is 24.9 Å². The monoisotopic (exact) mass is 261 g/mol. The van der Waals surface area contributed by atoms with Gasteiger partial charge in [0.1, 0.15) is 11.5 Å². The molecule has 1 aromatic rings. The standard InChI is InChI=1S/C11H13Cl2NO2/c1-15-10-7-11(16-2)9(6-8(10)13)14-5-3-4-12/h3-4,6-7,14H,5H2,1-2H3/b4-3+. The third kappa shape index (κ3) is 3.22. The molecule has 0 radical (unpaired) electrons. The van der Waals surface area contributed by atoms with Crippen LogP contribution in [0.4, 0.5) is 5.69 Å². The van der Waals surface area contributed by atoms with Gasteiger partial charge < -0.3 is 14.8 Å². The molecule has 1 aromatic carbocycles. The van der Waals surface area contributed by atoms with Gasteiger partial charge in [-0.1, -0.05) is 29.3 Å². The van der Waals surface area contributed by atoms with E-state index < -0.39 is 0 Å². The van der Waals surface area contributed by atoms with Gasteiger partial charge in [-0.25, -0.2) is 0 Å². The lowest BCUT2D eigenvalue weighted by Gasteiger charge is -2.12.